The van der Waals surface area contributed by atoms with Crippen LogP contribution in [0, 0.1) is 5.82 Å². The van der Waals surface area contributed by atoms with E-state index in [9.17, 15) is 4.39 Å². The molecule has 1 saturated heterocycles. The van der Waals surface area contributed by atoms with Gasteiger partial charge in [-0.3, -0.25) is 0 Å². The molecule has 2 aliphatic heterocycles. The van der Waals surface area contributed by atoms with Crippen LogP contribution in [0.2, 0.25) is 0 Å². The molecule has 0 aliphatic carbocycles. The third kappa shape index (κ3) is 8.15. The Hall–Kier alpha value is -1.31. The molecule has 1 fully saturated rings. The minimum Gasteiger partial charge on any atom is -0.381 e. The van der Waals surface area contributed by atoms with Gasteiger partial charge in [0.2, 0.25) is 0 Å². The molecule has 2 aromatic carbocycles. The Morgan fingerprint density at radius 1 is 1.06 bits per heavy atom. The highest BCUT2D eigenvalue weighted by Crippen LogP contribution is 2.32. The highest BCUT2D eigenvalue weighted by atomic mass is 35.5. The van der Waals surface area contributed by atoms with E-state index >= 15 is 0 Å². The number of para-hydroxylation sites is 1. The van der Waals surface area contributed by atoms with Crippen molar-refractivity contribution in [3.05, 3.63) is 65.5 Å². The van der Waals surface area contributed by atoms with Crippen molar-refractivity contribution in [2.75, 3.05) is 39.9 Å². The molecule has 4 nitrogen and oxygen atoms in total. The summed E-state index contributed by atoms with van der Waals surface area (Å²) in [5, 5.41) is 1.16. The standard InChI is InChI=1S/C25H32FN3OS.2ClH/c1-28(25-27-24-6-3-2-5-21(24)19-31-25)23-11-15-29(16-12-23)14-4-17-30-18-13-20-7-9-22(26)10-8-20;;/h2-3,5-10,23H,4,11-19H2,1H3;2*1H. The number of thioether (sulfide) groups is 1. The molecule has 2 aliphatic rings. The molecule has 8 heteroatoms. The van der Waals surface area contributed by atoms with E-state index in [1.165, 1.54) is 30.5 Å². The quantitative estimate of drug-likeness (QED) is 0.407. The van der Waals surface area contributed by atoms with E-state index in [2.05, 4.69) is 41.1 Å². The Balaban J connectivity index is 0.00000193. The average molecular weight is 515 g/mol. The van der Waals surface area contributed by atoms with Crippen molar-refractivity contribution in [3.63, 3.8) is 0 Å². The molecule has 0 saturated carbocycles. The van der Waals surface area contributed by atoms with E-state index in [1.54, 1.807) is 0 Å². The zero-order valence-electron chi connectivity index (χ0n) is 19.1. The molecule has 0 amide bonds. The highest BCUT2D eigenvalue weighted by molar-refractivity contribution is 8.13. The van der Waals surface area contributed by atoms with E-state index in [0.717, 1.165) is 61.3 Å². The van der Waals surface area contributed by atoms with Crippen molar-refractivity contribution in [1.82, 2.24) is 9.80 Å². The van der Waals surface area contributed by atoms with Crippen molar-refractivity contribution in [2.45, 2.75) is 37.5 Å². The maximum absolute atomic E-state index is 12.9. The minimum absolute atomic E-state index is 0. The maximum atomic E-state index is 12.9. The molecule has 4 rings (SSSR count). The summed E-state index contributed by atoms with van der Waals surface area (Å²) in [5.74, 6) is 0.828. The number of likely N-dealkylation sites (tertiary alicyclic amines) is 1. The van der Waals surface area contributed by atoms with Gasteiger partial charge in [0.1, 0.15) is 5.82 Å². The number of amidine groups is 1. The van der Waals surface area contributed by atoms with Crippen molar-refractivity contribution >= 4 is 47.4 Å². The van der Waals surface area contributed by atoms with Crippen LogP contribution in [0.5, 0.6) is 0 Å². The fraction of sp³-hybridized carbons (Fsp3) is 0.480. The number of benzene rings is 2. The molecule has 2 aromatic rings. The van der Waals surface area contributed by atoms with Crippen LogP contribution in [-0.4, -0.2) is 60.9 Å². The summed E-state index contributed by atoms with van der Waals surface area (Å²) in [6.45, 7) is 4.85. The second kappa shape index (κ2) is 14.2. The van der Waals surface area contributed by atoms with Gasteiger partial charge in [-0.25, -0.2) is 9.38 Å². The van der Waals surface area contributed by atoms with Gasteiger partial charge in [0.15, 0.2) is 5.17 Å². The van der Waals surface area contributed by atoms with Crippen molar-refractivity contribution in [1.29, 1.82) is 0 Å². The molecular weight excluding hydrogens is 480 g/mol. The molecule has 0 N–H and O–H groups in total. The van der Waals surface area contributed by atoms with Crippen LogP contribution >= 0.6 is 36.6 Å². The van der Waals surface area contributed by atoms with Crippen LogP contribution < -0.4 is 0 Å². The molecule has 0 bridgehead atoms. The van der Waals surface area contributed by atoms with Crippen molar-refractivity contribution < 1.29 is 9.13 Å². The van der Waals surface area contributed by atoms with Crippen LogP contribution in [-0.2, 0) is 16.9 Å². The second-order valence-electron chi connectivity index (χ2n) is 8.34. The molecule has 2 heterocycles. The van der Waals surface area contributed by atoms with Crippen LogP contribution in [0.15, 0.2) is 53.5 Å². The molecule has 0 atom stereocenters. The minimum atomic E-state index is -0.185. The first-order valence-corrected chi connectivity index (χ1v) is 12.2. The fourth-order valence-electron chi connectivity index (χ4n) is 4.22. The number of ether oxygens (including phenoxy) is 1. The summed E-state index contributed by atoms with van der Waals surface area (Å²) in [6, 6.07) is 15.7. The lowest BCUT2D eigenvalue weighted by atomic mass is 10.0. The van der Waals surface area contributed by atoms with Crippen LogP contribution in [0.1, 0.15) is 30.4 Å². The molecule has 0 aromatic heterocycles. The Kier molecular flexibility index (Phi) is 12.0. The largest absolute Gasteiger partial charge is 0.381 e. The summed E-state index contributed by atoms with van der Waals surface area (Å²) < 4.78 is 18.7. The smallest absolute Gasteiger partial charge is 0.164 e. The van der Waals surface area contributed by atoms with Gasteiger partial charge in [-0.2, -0.15) is 0 Å². The monoisotopic (exact) mass is 513 g/mol. The van der Waals surface area contributed by atoms with Gasteiger partial charge in [0.25, 0.3) is 0 Å². The Labute approximate surface area is 213 Å². The number of halogens is 3. The Bertz CT molecular complexity index is 876. The summed E-state index contributed by atoms with van der Waals surface area (Å²) >= 11 is 1.86. The van der Waals surface area contributed by atoms with Gasteiger partial charge in [0.05, 0.1) is 12.3 Å². The summed E-state index contributed by atoms with van der Waals surface area (Å²) in [7, 11) is 2.20. The normalized spacial score (nSPS) is 16.2. The fourth-order valence-corrected chi connectivity index (χ4v) is 5.26. The first-order valence-electron chi connectivity index (χ1n) is 11.3. The van der Waals surface area contributed by atoms with E-state index in [1.807, 2.05) is 23.9 Å². The van der Waals surface area contributed by atoms with Gasteiger partial charge < -0.3 is 14.5 Å². The SMILES string of the molecule is CN(C1=Nc2ccccc2CS1)C1CCN(CCCOCCc2ccc(F)cc2)CC1.Cl.Cl. The first kappa shape index (κ1) is 27.9. The topological polar surface area (TPSA) is 28.1 Å². The first-order chi connectivity index (χ1) is 15.2. The zero-order chi connectivity index (χ0) is 21.5. The van der Waals surface area contributed by atoms with Gasteiger partial charge in [-0.15, -0.1) is 24.8 Å². The van der Waals surface area contributed by atoms with E-state index in [4.69, 9.17) is 9.73 Å². The van der Waals surface area contributed by atoms with E-state index in [0.29, 0.717) is 12.6 Å². The lowest BCUT2D eigenvalue weighted by molar-refractivity contribution is 0.111. The molecule has 0 radical (unpaired) electrons. The predicted molar refractivity (Wildman–Crippen MR) is 142 cm³/mol. The van der Waals surface area contributed by atoms with E-state index < -0.39 is 0 Å². The number of fused-ring (bicyclic) bond motifs is 1. The van der Waals surface area contributed by atoms with Gasteiger partial charge in [-0.1, -0.05) is 42.1 Å². The predicted octanol–water partition coefficient (Wildman–Crippen LogP) is 5.95. The number of piperidine rings is 1. The third-order valence-corrected chi connectivity index (χ3v) is 7.28. The molecule has 33 heavy (non-hydrogen) atoms. The molecule has 0 unspecified atom stereocenters. The number of hydrogen-bond donors (Lipinski definition) is 0. The maximum Gasteiger partial charge on any atom is 0.164 e. The lowest BCUT2D eigenvalue weighted by Crippen LogP contribution is -2.45. The highest BCUT2D eigenvalue weighted by Gasteiger charge is 2.26. The zero-order valence-corrected chi connectivity index (χ0v) is 21.6. The second-order valence-corrected chi connectivity index (χ2v) is 9.28. The Morgan fingerprint density at radius 2 is 1.79 bits per heavy atom. The number of hydrogen-bond acceptors (Lipinski definition) is 5. The summed E-state index contributed by atoms with van der Waals surface area (Å²) in [5.41, 5.74) is 3.58. The summed E-state index contributed by atoms with van der Waals surface area (Å²) in [4.78, 5) is 9.85. The number of aliphatic imine (C=N–C) groups is 1. The van der Waals surface area contributed by atoms with Crippen molar-refractivity contribution in [2.24, 2.45) is 4.99 Å². The van der Waals surface area contributed by atoms with Gasteiger partial charge >= 0.3 is 0 Å². The summed E-state index contributed by atoms with van der Waals surface area (Å²) in [6.07, 6.45) is 4.26. The molecule has 182 valence electrons. The van der Waals surface area contributed by atoms with Crippen LogP contribution in [0.4, 0.5) is 10.1 Å². The Morgan fingerprint density at radius 3 is 2.55 bits per heavy atom. The average Bonchev–Trinajstić information content (AvgIpc) is 2.82. The van der Waals surface area contributed by atoms with Gasteiger partial charge in [-0.05, 0) is 55.0 Å². The van der Waals surface area contributed by atoms with Crippen molar-refractivity contribution in [3.8, 4) is 0 Å². The van der Waals surface area contributed by atoms with Gasteiger partial charge in [0, 0.05) is 45.1 Å². The number of nitrogens with zero attached hydrogens (tertiary/aromatic N) is 3. The molecular formula is C25H34Cl2FN3OS. The molecule has 0 spiro atoms. The van der Waals surface area contributed by atoms with Crippen LogP contribution in [0.3, 0.4) is 0 Å². The van der Waals surface area contributed by atoms with E-state index in [-0.39, 0.29) is 30.6 Å². The van der Waals surface area contributed by atoms with Crippen LogP contribution in [0.25, 0.3) is 0 Å². The number of rotatable bonds is 8. The lowest BCUT2D eigenvalue weighted by Gasteiger charge is -2.38. The third-order valence-electron chi connectivity index (χ3n) is 6.18.